The Balaban J connectivity index is 1.49. The van der Waals surface area contributed by atoms with Gasteiger partial charge in [0.1, 0.15) is 11.4 Å². The average molecular weight is 614 g/mol. The van der Waals surface area contributed by atoms with Crippen LogP contribution in [0.2, 0.25) is 0 Å². The predicted molar refractivity (Wildman–Crippen MR) is 141 cm³/mol. The lowest BCUT2D eigenvalue weighted by molar-refractivity contribution is -0.183. The van der Waals surface area contributed by atoms with Crippen molar-refractivity contribution in [2.75, 3.05) is 25.0 Å². The van der Waals surface area contributed by atoms with Crippen LogP contribution in [0.3, 0.4) is 0 Å². The maximum Gasteiger partial charge on any atom is 0.393 e. The number of imidazole rings is 1. The summed E-state index contributed by atoms with van der Waals surface area (Å²) in [5, 5.41) is 25.8. The fourth-order valence-corrected chi connectivity index (χ4v) is 5.77. The maximum absolute atomic E-state index is 14.5. The molecule has 3 aromatic rings. The summed E-state index contributed by atoms with van der Waals surface area (Å²) < 4.78 is 71.8. The quantitative estimate of drug-likeness (QED) is 0.269. The van der Waals surface area contributed by atoms with Gasteiger partial charge in [0.25, 0.3) is 11.7 Å². The minimum Gasteiger partial charge on any atom is -0.395 e. The minimum absolute atomic E-state index is 0.0304. The molecule has 0 radical (unpaired) electrons. The van der Waals surface area contributed by atoms with Crippen LogP contribution in [0.5, 0.6) is 0 Å². The molecule has 0 unspecified atom stereocenters. The van der Waals surface area contributed by atoms with E-state index in [1.165, 1.54) is 27.7 Å². The molecule has 1 aliphatic heterocycles. The van der Waals surface area contributed by atoms with Gasteiger partial charge in [-0.2, -0.15) is 28.4 Å². The number of rotatable bonds is 9. The number of aromatic nitrogens is 6. The zero-order chi connectivity index (χ0) is 30.9. The van der Waals surface area contributed by atoms with E-state index in [0.717, 1.165) is 0 Å². The first kappa shape index (κ1) is 30.6. The molecule has 5 rings (SSSR count). The lowest BCUT2D eigenvalue weighted by atomic mass is 9.80. The van der Waals surface area contributed by atoms with Crippen LogP contribution in [-0.4, -0.2) is 78.1 Å². The summed E-state index contributed by atoms with van der Waals surface area (Å²) in [6.07, 6.45) is -2.29. The molecule has 2 aliphatic rings. The second-order valence-electron chi connectivity index (χ2n) is 11.1. The number of piperidine rings is 1. The molecular formula is C26H32F5N9O3. The number of carbonyl (C=O) groups is 2. The van der Waals surface area contributed by atoms with E-state index in [-0.39, 0.29) is 61.1 Å². The van der Waals surface area contributed by atoms with E-state index < -0.39 is 67.1 Å². The summed E-state index contributed by atoms with van der Waals surface area (Å²) in [6, 6.07) is 0.552. The van der Waals surface area contributed by atoms with Crippen molar-refractivity contribution in [1.82, 2.24) is 40.0 Å². The Morgan fingerprint density at radius 3 is 2.77 bits per heavy atom. The number of aryl methyl sites for hydroxylation is 1. The summed E-state index contributed by atoms with van der Waals surface area (Å²) >= 11 is 0. The number of fused-ring (bicyclic) bond motifs is 1. The molecule has 0 aromatic carbocycles. The Hall–Kier alpha value is -3.89. The van der Waals surface area contributed by atoms with Crippen molar-refractivity contribution in [2.24, 2.45) is 24.8 Å². The molecule has 0 bridgehead atoms. The number of hydrogen-bond acceptors (Lipinski definition) is 8. The van der Waals surface area contributed by atoms with Gasteiger partial charge in [-0.15, -0.1) is 0 Å². The van der Waals surface area contributed by atoms with E-state index in [0.29, 0.717) is 6.42 Å². The van der Waals surface area contributed by atoms with Gasteiger partial charge in [-0.1, -0.05) is 0 Å². The summed E-state index contributed by atoms with van der Waals surface area (Å²) in [6.45, 7) is -0.756. The Morgan fingerprint density at radius 2 is 2.09 bits per heavy atom. The van der Waals surface area contributed by atoms with Crippen LogP contribution >= 0.6 is 0 Å². The van der Waals surface area contributed by atoms with Crippen LogP contribution in [0.1, 0.15) is 60.0 Å². The lowest BCUT2D eigenvalue weighted by Gasteiger charge is -2.34. The van der Waals surface area contributed by atoms with Gasteiger partial charge in [-0.25, -0.2) is 18.3 Å². The molecule has 43 heavy (non-hydrogen) atoms. The standard InChI is InChI=1S/C26H32F5N9O3/c1-39-19(4-6-34-39)23(43)36-20(14-3-2-5-25(27,28)11-14)18-13-40-24(35-18)37-21(32-7-8-41)17(38-40)10-15-9-16(26(29,30)31)12-33-22(15)42/h4,6,13-16,20,41H,2-3,5,7-12H2,1H3,(H,33,42)(H,36,43)(H,32,35,37)/t14-,15-,16-,20+/m1/s1. The smallest absolute Gasteiger partial charge is 0.393 e. The van der Waals surface area contributed by atoms with Crippen LogP contribution in [0.4, 0.5) is 27.8 Å². The van der Waals surface area contributed by atoms with E-state index >= 15 is 0 Å². The molecule has 1 saturated carbocycles. The van der Waals surface area contributed by atoms with Crippen LogP contribution in [0.15, 0.2) is 18.5 Å². The largest absolute Gasteiger partial charge is 0.395 e. The summed E-state index contributed by atoms with van der Waals surface area (Å²) in [5.74, 6) is -7.27. The molecule has 1 aliphatic carbocycles. The van der Waals surface area contributed by atoms with E-state index in [1.807, 2.05) is 0 Å². The van der Waals surface area contributed by atoms with Crippen LogP contribution < -0.4 is 16.0 Å². The molecule has 3 aromatic heterocycles. The summed E-state index contributed by atoms with van der Waals surface area (Å²) in [4.78, 5) is 34.5. The van der Waals surface area contributed by atoms with Gasteiger partial charge in [-0.05, 0) is 31.2 Å². The van der Waals surface area contributed by atoms with Gasteiger partial charge >= 0.3 is 6.18 Å². The van der Waals surface area contributed by atoms with Gasteiger partial charge in [0, 0.05) is 51.5 Å². The van der Waals surface area contributed by atoms with Crippen molar-refractivity contribution < 1.29 is 36.6 Å². The van der Waals surface area contributed by atoms with Gasteiger partial charge in [0.15, 0.2) is 5.82 Å². The highest BCUT2D eigenvalue weighted by molar-refractivity contribution is 5.92. The third kappa shape index (κ3) is 6.86. The normalized spacial score (nSPS) is 23.1. The molecular weight excluding hydrogens is 581 g/mol. The van der Waals surface area contributed by atoms with Gasteiger partial charge in [0.2, 0.25) is 11.8 Å². The van der Waals surface area contributed by atoms with Gasteiger partial charge in [-0.3, -0.25) is 14.3 Å². The SMILES string of the molecule is Cn1nccc1C(=O)N[C@H](c1cn2nc(C[C@H]3C[C@@H](C(F)(F)F)CNC3=O)c(NCCO)nc2n1)[C@@H]1CCCC(F)(F)C1. The number of aliphatic hydroxyl groups is 1. The first-order valence-corrected chi connectivity index (χ1v) is 14.0. The first-order valence-electron chi connectivity index (χ1n) is 14.0. The number of nitrogens with one attached hydrogen (secondary N) is 3. The number of amides is 2. The first-order chi connectivity index (χ1) is 20.3. The molecule has 234 valence electrons. The molecule has 1 saturated heterocycles. The number of alkyl halides is 5. The highest BCUT2D eigenvalue weighted by Crippen LogP contribution is 2.42. The highest BCUT2D eigenvalue weighted by atomic mass is 19.4. The zero-order valence-electron chi connectivity index (χ0n) is 23.2. The number of hydrogen-bond donors (Lipinski definition) is 4. The van der Waals surface area contributed by atoms with E-state index in [2.05, 4.69) is 36.1 Å². The van der Waals surface area contributed by atoms with Crippen LogP contribution in [0.25, 0.3) is 5.78 Å². The van der Waals surface area contributed by atoms with E-state index in [9.17, 15) is 36.6 Å². The van der Waals surface area contributed by atoms with Crippen LogP contribution in [-0.2, 0) is 18.3 Å². The Labute approximate surface area is 242 Å². The Bertz CT molecular complexity index is 1470. The second kappa shape index (κ2) is 12.0. The van der Waals surface area contributed by atoms with Gasteiger partial charge in [0.05, 0.1) is 30.5 Å². The van der Waals surface area contributed by atoms with E-state index in [1.54, 1.807) is 7.05 Å². The van der Waals surface area contributed by atoms with Crippen molar-refractivity contribution in [3.63, 3.8) is 0 Å². The fraction of sp³-hybridized carbons (Fsp3) is 0.615. The number of nitrogens with zero attached hydrogens (tertiary/aromatic N) is 6. The third-order valence-electron chi connectivity index (χ3n) is 7.98. The molecule has 0 spiro atoms. The molecule has 2 fully saturated rings. The number of aliphatic hydroxyl groups excluding tert-OH is 1. The summed E-state index contributed by atoms with van der Waals surface area (Å²) in [5.41, 5.74) is 0.594. The number of carbonyl (C=O) groups excluding carboxylic acids is 2. The van der Waals surface area contributed by atoms with Crippen molar-refractivity contribution in [3.05, 3.63) is 35.5 Å². The summed E-state index contributed by atoms with van der Waals surface area (Å²) in [7, 11) is 1.57. The second-order valence-corrected chi connectivity index (χ2v) is 11.1. The number of anilines is 1. The third-order valence-corrected chi connectivity index (χ3v) is 7.98. The molecule has 4 atom stereocenters. The molecule has 4 N–H and O–H groups in total. The lowest BCUT2D eigenvalue weighted by Crippen LogP contribution is -2.47. The number of halogens is 5. The molecule has 4 heterocycles. The van der Waals surface area contributed by atoms with Crippen molar-refractivity contribution in [1.29, 1.82) is 0 Å². The van der Waals surface area contributed by atoms with Crippen molar-refractivity contribution in [3.8, 4) is 0 Å². The highest BCUT2D eigenvalue weighted by Gasteiger charge is 2.45. The average Bonchev–Trinajstić information content (AvgIpc) is 3.55. The molecule has 2 amide bonds. The Morgan fingerprint density at radius 1 is 1.30 bits per heavy atom. The molecule has 17 heteroatoms. The van der Waals surface area contributed by atoms with Crippen molar-refractivity contribution >= 4 is 23.4 Å². The maximum atomic E-state index is 14.5. The molecule has 12 nitrogen and oxygen atoms in total. The fourth-order valence-electron chi connectivity index (χ4n) is 5.77. The van der Waals surface area contributed by atoms with Crippen LogP contribution in [0, 0.1) is 17.8 Å². The zero-order valence-corrected chi connectivity index (χ0v) is 23.2. The van der Waals surface area contributed by atoms with E-state index in [4.69, 9.17) is 0 Å². The predicted octanol–water partition coefficient (Wildman–Crippen LogP) is 2.42. The minimum atomic E-state index is -4.48. The Kier molecular flexibility index (Phi) is 8.54. The topological polar surface area (TPSA) is 151 Å². The van der Waals surface area contributed by atoms with Gasteiger partial charge < -0.3 is 21.1 Å². The monoisotopic (exact) mass is 613 g/mol. The van der Waals surface area contributed by atoms with Crippen molar-refractivity contribution in [2.45, 2.75) is 56.7 Å².